The minimum atomic E-state index is -2.21. The van der Waals surface area contributed by atoms with Crippen molar-refractivity contribution < 1.29 is 34.2 Å². The van der Waals surface area contributed by atoms with Gasteiger partial charge in [-0.2, -0.15) is 0 Å². The molecule has 6 atom stereocenters. The van der Waals surface area contributed by atoms with Crippen molar-refractivity contribution in [1.29, 1.82) is 0 Å². The van der Waals surface area contributed by atoms with Crippen molar-refractivity contribution in [3.8, 4) is 0 Å². The molecule has 0 aromatic heterocycles. The van der Waals surface area contributed by atoms with Gasteiger partial charge in [-0.1, -0.05) is 0 Å². The van der Waals surface area contributed by atoms with Gasteiger partial charge in [-0.3, -0.25) is 4.79 Å². The molecule has 2 fully saturated rings. The summed E-state index contributed by atoms with van der Waals surface area (Å²) in [5.74, 6) is -2.61. The average molecular weight is 326 g/mol. The molecule has 0 aromatic carbocycles. The van der Waals surface area contributed by atoms with Crippen molar-refractivity contribution in [2.75, 3.05) is 19.7 Å². The van der Waals surface area contributed by atoms with Crippen LogP contribution < -0.4 is 4.90 Å². The van der Waals surface area contributed by atoms with Crippen LogP contribution in [0.1, 0.15) is 27.2 Å². The van der Waals surface area contributed by atoms with E-state index < -0.39 is 29.1 Å². The fourth-order valence-corrected chi connectivity index (χ4v) is 3.71. The SMILES string of the molecule is C[C@H]1C(=O)O[C@@H]2CC[NH+]3CC=C(COC(=O)[C@@](C)(O)[C@@]1(C)O)[C@H]23. The number of cyclic esters (lactones) is 1. The van der Waals surface area contributed by atoms with Gasteiger partial charge in [0.25, 0.3) is 0 Å². The molecular weight excluding hydrogens is 302 g/mol. The van der Waals surface area contributed by atoms with Crippen LogP contribution in [0, 0.1) is 5.92 Å². The minimum absolute atomic E-state index is 0.00746. The quantitative estimate of drug-likeness (QED) is 0.359. The zero-order valence-corrected chi connectivity index (χ0v) is 13.7. The van der Waals surface area contributed by atoms with Crippen LogP contribution in [0.4, 0.5) is 0 Å². The number of quaternary nitrogens is 1. The molecule has 0 radical (unpaired) electrons. The molecule has 1 unspecified atom stereocenters. The third-order valence-corrected chi connectivity index (χ3v) is 5.80. The molecule has 3 heterocycles. The van der Waals surface area contributed by atoms with Gasteiger partial charge < -0.3 is 24.6 Å². The Balaban J connectivity index is 1.97. The molecule has 7 heteroatoms. The highest BCUT2D eigenvalue weighted by Crippen LogP contribution is 2.33. The van der Waals surface area contributed by atoms with Crippen LogP contribution in [-0.4, -0.2) is 65.2 Å². The number of esters is 2. The summed E-state index contributed by atoms with van der Waals surface area (Å²) in [5.41, 5.74) is -3.30. The van der Waals surface area contributed by atoms with Crippen molar-refractivity contribution >= 4 is 11.9 Å². The lowest BCUT2D eigenvalue weighted by Crippen LogP contribution is -3.12. The molecule has 2 saturated heterocycles. The van der Waals surface area contributed by atoms with Gasteiger partial charge in [-0.25, -0.2) is 4.79 Å². The van der Waals surface area contributed by atoms with Gasteiger partial charge in [-0.15, -0.1) is 0 Å². The topological polar surface area (TPSA) is 97.5 Å². The maximum atomic E-state index is 12.5. The summed E-state index contributed by atoms with van der Waals surface area (Å²) in [5, 5.41) is 21.1. The van der Waals surface area contributed by atoms with E-state index in [-0.39, 0.29) is 18.8 Å². The number of rotatable bonds is 0. The monoisotopic (exact) mass is 326 g/mol. The first kappa shape index (κ1) is 16.4. The fraction of sp³-hybridized carbons (Fsp3) is 0.750. The largest absolute Gasteiger partial charge is 0.459 e. The molecule has 3 N–H and O–H groups in total. The highest BCUT2D eigenvalue weighted by Gasteiger charge is 2.57. The third-order valence-electron chi connectivity index (χ3n) is 5.80. The smallest absolute Gasteiger partial charge is 0.341 e. The molecule has 3 rings (SSSR count). The summed E-state index contributed by atoms with van der Waals surface area (Å²) in [4.78, 5) is 26.0. The molecule has 23 heavy (non-hydrogen) atoms. The number of nitrogens with one attached hydrogen (secondary N) is 1. The van der Waals surface area contributed by atoms with Crippen molar-refractivity contribution in [3.05, 3.63) is 11.6 Å². The van der Waals surface area contributed by atoms with E-state index in [4.69, 9.17) is 9.47 Å². The minimum Gasteiger partial charge on any atom is -0.459 e. The van der Waals surface area contributed by atoms with Crippen LogP contribution in [0.25, 0.3) is 0 Å². The fourth-order valence-electron chi connectivity index (χ4n) is 3.71. The second-order valence-corrected chi connectivity index (χ2v) is 7.15. The van der Waals surface area contributed by atoms with E-state index in [1.54, 1.807) is 0 Å². The zero-order chi connectivity index (χ0) is 17.0. The van der Waals surface area contributed by atoms with E-state index in [1.165, 1.54) is 25.7 Å². The standard InChI is InChI=1S/C16H23NO6/c1-9-13(18)23-11-5-7-17-6-4-10(12(11)17)8-22-14(19)16(3,21)15(9,2)20/h4,9,11-12,20-21H,5-8H2,1-3H3/p+1/t9-,11+,12+,15-,16+/m0/s1. The van der Waals surface area contributed by atoms with Crippen LogP contribution in [0.5, 0.6) is 0 Å². The lowest BCUT2D eigenvalue weighted by Gasteiger charge is -2.39. The molecule has 0 amide bonds. The van der Waals surface area contributed by atoms with Crippen LogP contribution >= 0.6 is 0 Å². The van der Waals surface area contributed by atoms with Crippen molar-refractivity contribution in [3.63, 3.8) is 0 Å². The van der Waals surface area contributed by atoms with E-state index in [0.717, 1.165) is 25.1 Å². The van der Waals surface area contributed by atoms with Crippen LogP contribution in [0.2, 0.25) is 0 Å². The van der Waals surface area contributed by atoms with E-state index >= 15 is 0 Å². The highest BCUT2D eigenvalue weighted by molar-refractivity contribution is 5.83. The van der Waals surface area contributed by atoms with E-state index in [9.17, 15) is 19.8 Å². The number of hydrogen-bond donors (Lipinski definition) is 3. The first-order valence-corrected chi connectivity index (χ1v) is 8.02. The lowest BCUT2D eigenvalue weighted by molar-refractivity contribution is -0.896. The molecule has 0 saturated carbocycles. The summed E-state index contributed by atoms with van der Waals surface area (Å²) in [6, 6.07) is -0.00746. The van der Waals surface area contributed by atoms with Crippen LogP contribution in [-0.2, 0) is 19.1 Å². The van der Waals surface area contributed by atoms with Gasteiger partial charge in [0.15, 0.2) is 17.7 Å². The Kier molecular flexibility index (Phi) is 3.78. The normalized spacial score (nSPS) is 47.3. The zero-order valence-electron chi connectivity index (χ0n) is 13.7. The summed E-state index contributed by atoms with van der Waals surface area (Å²) < 4.78 is 10.9. The number of carbonyl (C=O) groups excluding carboxylic acids is 2. The van der Waals surface area contributed by atoms with Gasteiger partial charge in [0.1, 0.15) is 12.2 Å². The first-order valence-electron chi connectivity index (χ1n) is 8.02. The number of aliphatic hydroxyl groups is 2. The molecule has 0 bridgehead atoms. The Labute approximate surface area is 134 Å². The van der Waals surface area contributed by atoms with Gasteiger partial charge in [0.2, 0.25) is 0 Å². The molecule has 128 valence electrons. The molecular formula is C16H24NO6+. The molecule has 0 aromatic rings. The summed E-state index contributed by atoms with van der Waals surface area (Å²) >= 11 is 0. The predicted molar refractivity (Wildman–Crippen MR) is 78.4 cm³/mol. The number of ether oxygens (including phenoxy) is 2. The molecule has 0 aliphatic carbocycles. The second kappa shape index (κ2) is 5.29. The van der Waals surface area contributed by atoms with E-state index in [1.807, 2.05) is 6.08 Å². The Morgan fingerprint density at radius 2 is 2.00 bits per heavy atom. The molecule has 3 aliphatic heterocycles. The molecule has 3 aliphatic rings. The van der Waals surface area contributed by atoms with Crippen LogP contribution in [0.15, 0.2) is 11.6 Å². The van der Waals surface area contributed by atoms with Gasteiger partial charge >= 0.3 is 11.9 Å². The summed E-state index contributed by atoms with van der Waals surface area (Å²) in [6.07, 6.45) is 2.45. The predicted octanol–water partition coefficient (Wildman–Crippen LogP) is -1.81. The number of hydrogen-bond acceptors (Lipinski definition) is 6. The van der Waals surface area contributed by atoms with Gasteiger partial charge in [0, 0.05) is 12.0 Å². The first-order chi connectivity index (χ1) is 10.7. The Morgan fingerprint density at radius 1 is 1.30 bits per heavy atom. The summed E-state index contributed by atoms with van der Waals surface area (Å²) in [6.45, 7) is 5.62. The van der Waals surface area contributed by atoms with E-state index in [0.29, 0.717) is 0 Å². The Bertz CT molecular complexity index is 567. The summed E-state index contributed by atoms with van der Waals surface area (Å²) in [7, 11) is 0. The molecule has 7 nitrogen and oxygen atoms in total. The Hall–Kier alpha value is -1.44. The Morgan fingerprint density at radius 3 is 2.70 bits per heavy atom. The van der Waals surface area contributed by atoms with Crippen LogP contribution in [0.3, 0.4) is 0 Å². The third kappa shape index (κ3) is 2.38. The number of carbonyl (C=O) groups is 2. The van der Waals surface area contributed by atoms with Crippen molar-refractivity contribution in [2.45, 2.75) is 50.5 Å². The maximum absolute atomic E-state index is 12.5. The average Bonchev–Trinajstić information content (AvgIpc) is 3.06. The van der Waals surface area contributed by atoms with Crippen molar-refractivity contribution in [2.24, 2.45) is 5.92 Å². The second-order valence-electron chi connectivity index (χ2n) is 7.15. The van der Waals surface area contributed by atoms with Gasteiger partial charge in [0.05, 0.1) is 19.0 Å². The molecule has 0 spiro atoms. The van der Waals surface area contributed by atoms with Gasteiger partial charge in [-0.05, 0) is 26.8 Å². The maximum Gasteiger partial charge on any atom is 0.341 e. The van der Waals surface area contributed by atoms with E-state index in [2.05, 4.69) is 0 Å². The lowest BCUT2D eigenvalue weighted by atomic mass is 9.76. The van der Waals surface area contributed by atoms with Crippen molar-refractivity contribution in [1.82, 2.24) is 0 Å². The highest BCUT2D eigenvalue weighted by atomic mass is 16.6.